The molecule has 1 unspecified atom stereocenters. The van der Waals surface area contributed by atoms with Crippen molar-refractivity contribution in [1.29, 1.82) is 0 Å². The standard InChI is InChI=1S/C29H36FN5O5S/c1-18(2)17-40-22-15-20(14-21(30)16-22)24-10-9-23(26(32-24)35-13-11-19(3)29(35,4)5)27(36)34-41(37,38)33-25-8-7-12-31-28(25)39-6/h7-10,12,14-16,18-19,33H,11,13,17H2,1-6H3,(H,34,36). The molecule has 1 aliphatic rings. The van der Waals surface area contributed by atoms with Crippen molar-refractivity contribution in [3.8, 4) is 22.9 Å². The van der Waals surface area contributed by atoms with E-state index in [4.69, 9.17) is 14.5 Å². The average molecular weight is 586 g/mol. The zero-order valence-corrected chi connectivity index (χ0v) is 24.9. The Morgan fingerprint density at radius 2 is 1.98 bits per heavy atom. The Bertz CT molecular complexity index is 1530. The van der Waals surface area contributed by atoms with Gasteiger partial charge in [0, 0.05) is 29.9 Å². The molecular weight excluding hydrogens is 549 g/mol. The van der Waals surface area contributed by atoms with Gasteiger partial charge in [-0.05, 0) is 68.5 Å². The molecule has 4 rings (SSSR count). The number of halogens is 1. The zero-order valence-electron chi connectivity index (χ0n) is 24.1. The largest absolute Gasteiger partial charge is 0.493 e. The Morgan fingerprint density at radius 3 is 2.63 bits per heavy atom. The van der Waals surface area contributed by atoms with Gasteiger partial charge in [0.25, 0.3) is 5.91 Å². The molecule has 1 aromatic carbocycles. The molecule has 41 heavy (non-hydrogen) atoms. The number of hydrogen-bond acceptors (Lipinski definition) is 8. The van der Waals surface area contributed by atoms with Gasteiger partial charge in [-0.15, -0.1) is 0 Å². The van der Waals surface area contributed by atoms with Gasteiger partial charge in [-0.25, -0.2) is 19.1 Å². The van der Waals surface area contributed by atoms with E-state index in [0.717, 1.165) is 6.42 Å². The van der Waals surface area contributed by atoms with Gasteiger partial charge in [-0.2, -0.15) is 8.42 Å². The highest BCUT2D eigenvalue weighted by Gasteiger charge is 2.41. The number of carbonyl (C=O) groups excluding carboxylic acids is 1. The van der Waals surface area contributed by atoms with Crippen LogP contribution in [0.4, 0.5) is 15.9 Å². The molecule has 0 radical (unpaired) electrons. The van der Waals surface area contributed by atoms with Crippen LogP contribution in [0.2, 0.25) is 0 Å². The van der Waals surface area contributed by atoms with Crippen LogP contribution in [0.1, 0.15) is 51.4 Å². The molecule has 1 fully saturated rings. The Hall–Kier alpha value is -3.93. The van der Waals surface area contributed by atoms with Crippen molar-refractivity contribution in [2.75, 3.05) is 29.9 Å². The van der Waals surface area contributed by atoms with E-state index < -0.39 is 21.9 Å². The third-order valence-electron chi connectivity index (χ3n) is 7.25. The van der Waals surface area contributed by atoms with Crippen LogP contribution in [0.15, 0.2) is 48.7 Å². The summed E-state index contributed by atoms with van der Waals surface area (Å²) in [6.07, 6.45) is 2.30. The van der Waals surface area contributed by atoms with Gasteiger partial charge in [-0.3, -0.25) is 9.52 Å². The minimum atomic E-state index is -4.36. The molecule has 0 aliphatic carbocycles. The van der Waals surface area contributed by atoms with Gasteiger partial charge < -0.3 is 14.4 Å². The molecule has 0 bridgehead atoms. The summed E-state index contributed by atoms with van der Waals surface area (Å²) in [6.45, 7) is 11.2. The maximum atomic E-state index is 14.6. The summed E-state index contributed by atoms with van der Waals surface area (Å²) in [7, 11) is -3.01. The van der Waals surface area contributed by atoms with Crippen molar-refractivity contribution >= 4 is 27.6 Å². The van der Waals surface area contributed by atoms with E-state index in [0.29, 0.717) is 36.0 Å². The van der Waals surface area contributed by atoms with Crippen LogP contribution < -0.4 is 23.8 Å². The number of rotatable bonds is 10. The summed E-state index contributed by atoms with van der Waals surface area (Å²) < 4.78 is 55.6. The summed E-state index contributed by atoms with van der Waals surface area (Å²) in [5.41, 5.74) is 0.642. The lowest BCUT2D eigenvalue weighted by Crippen LogP contribution is -2.44. The number of ether oxygens (including phenoxy) is 2. The molecule has 1 atom stereocenters. The summed E-state index contributed by atoms with van der Waals surface area (Å²) >= 11 is 0. The molecule has 2 aromatic heterocycles. The molecule has 1 amide bonds. The minimum absolute atomic E-state index is 0.0525. The summed E-state index contributed by atoms with van der Waals surface area (Å²) in [5.74, 6) is -0.0910. The second-order valence-corrected chi connectivity index (χ2v) is 12.5. The number of aromatic nitrogens is 2. The quantitative estimate of drug-likeness (QED) is 0.339. The summed E-state index contributed by atoms with van der Waals surface area (Å²) in [6, 6.07) is 10.4. The molecular formula is C29H36FN5O5S. The first-order chi connectivity index (χ1) is 19.3. The highest BCUT2D eigenvalue weighted by atomic mass is 32.2. The molecule has 0 saturated carbocycles. The Balaban J connectivity index is 1.72. The normalized spacial score (nSPS) is 16.5. The second kappa shape index (κ2) is 11.9. The van der Waals surface area contributed by atoms with Crippen molar-refractivity contribution in [3.63, 3.8) is 0 Å². The van der Waals surface area contributed by atoms with Gasteiger partial charge >= 0.3 is 10.2 Å². The van der Waals surface area contributed by atoms with Crippen LogP contribution in [-0.2, 0) is 10.2 Å². The molecule has 3 aromatic rings. The van der Waals surface area contributed by atoms with E-state index >= 15 is 0 Å². The molecule has 2 N–H and O–H groups in total. The Kier molecular flexibility index (Phi) is 8.71. The maximum absolute atomic E-state index is 14.6. The summed E-state index contributed by atoms with van der Waals surface area (Å²) in [5, 5.41) is 0. The van der Waals surface area contributed by atoms with Crippen LogP contribution >= 0.6 is 0 Å². The van der Waals surface area contributed by atoms with E-state index in [1.807, 2.05) is 32.6 Å². The lowest BCUT2D eigenvalue weighted by atomic mass is 9.90. The predicted molar refractivity (Wildman–Crippen MR) is 156 cm³/mol. The predicted octanol–water partition coefficient (Wildman–Crippen LogP) is 5.04. The van der Waals surface area contributed by atoms with Crippen molar-refractivity contribution in [1.82, 2.24) is 14.7 Å². The number of carbonyl (C=O) groups is 1. The van der Waals surface area contributed by atoms with Crippen molar-refractivity contribution in [3.05, 3.63) is 60.0 Å². The highest BCUT2D eigenvalue weighted by molar-refractivity contribution is 7.91. The average Bonchev–Trinajstić information content (AvgIpc) is 3.18. The van der Waals surface area contributed by atoms with Crippen LogP contribution in [0.25, 0.3) is 11.3 Å². The number of pyridine rings is 2. The summed E-state index contributed by atoms with van der Waals surface area (Å²) in [4.78, 5) is 24.2. The molecule has 1 aliphatic heterocycles. The Labute approximate surface area is 240 Å². The number of nitrogens with one attached hydrogen (secondary N) is 2. The van der Waals surface area contributed by atoms with E-state index in [-0.39, 0.29) is 34.5 Å². The SMILES string of the molecule is COc1ncccc1NS(=O)(=O)NC(=O)c1ccc(-c2cc(F)cc(OCC(C)C)c2)nc1N1CCC(C)C1(C)C. The van der Waals surface area contributed by atoms with Crippen LogP contribution in [0.5, 0.6) is 11.6 Å². The van der Waals surface area contributed by atoms with Gasteiger partial charge in [0.2, 0.25) is 5.88 Å². The lowest BCUT2D eigenvalue weighted by Gasteiger charge is -2.36. The molecule has 220 valence electrons. The second-order valence-electron chi connectivity index (χ2n) is 11.0. The number of nitrogens with zero attached hydrogens (tertiary/aromatic N) is 3. The fraction of sp³-hybridized carbons (Fsp3) is 0.414. The van der Waals surface area contributed by atoms with E-state index in [1.54, 1.807) is 12.1 Å². The molecule has 0 spiro atoms. The van der Waals surface area contributed by atoms with Crippen molar-refractivity contribution < 1.29 is 27.1 Å². The van der Waals surface area contributed by atoms with E-state index in [2.05, 4.69) is 21.4 Å². The molecule has 1 saturated heterocycles. The van der Waals surface area contributed by atoms with Crippen LogP contribution in [0.3, 0.4) is 0 Å². The first-order valence-electron chi connectivity index (χ1n) is 13.4. The third kappa shape index (κ3) is 6.87. The molecule has 3 heterocycles. The number of methoxy groups -OCH3 is 1. The lowest BCUT2D eigenvalue weighted by molar-refractivity contribution is 0.0981. The monoisotopic (exact) mass is 585 g/mol. The molecule has 10 nitrogen and oxygen atoms in total. The van der Waals surface area contributed by atoms with Crippen molar-refractivity contribution in [2.45, 2.75) is 46.6 Å². The number of hydrogen-bond donors (Lipinski definition) is 2. The van der Waals surface area contributed by atoms with Gasteiger partial charge in [0.15, 0.2) is 0 Å². The number of benzene rings is 1. The fourth-order valence-electron chi connectivity index (χ4n) is 4.64. The fourth-order valence-corrected chi connectivity index (χ4v) is 5.49. The van der Waals surface area contributed by atoms with Crippen molar-refractivity contribution in [2.24, 2.45) is 11.8 Å². The maximum Gasteiger partial charge on any atom is 0.324 e. The van der Waals surface area contributed by atoms with Gasteiger partial charge in [0.1, 0.15) is 23.1 Å². The topological polar surface area (TPSA) is 123 Å². The zero-order chi connectivity index (χ0) is 29.9. The smallest absolute Gasteiger partial charge is 0.324 e. The first kappa shape index (κ1) is 30.0. The molecule has 12 heteroatoms. The van der Waals surface area contributed by atoms with Crippen LogP contribution in [-0.4, -0.2) is 50.1 Å². The number of anilines is 2. The van der Waals surface area contributed by atoms with Gasteiger partial charge in [-0.1, -0.05) is 20.8 Å². The highest BCUT2D eigenvalue weighted by Crippen LogP contribution is 2.39. The number of amides is 1. The Morgan fingerprint density at radius 1 is 1.22 bits per heavy atom. The third-order valence-corrected chi connectivity index (χ3v) is 8.19. The minimum Gasteiger partial charge on any atom is -0.493 e. The van der Waals surface area contributed by atoms with Gasteiger partial charge in [0.05, 0.1) is 25.0 Å². The first-order valence-corrected chi connectivity index (χ1v) is 14.9. The van der Waals surface area contributed by atoms with Crippen LogP contribution in [0, 0.1) is 17.7 Å². The van der Waals surface area contributed by atoms with E-state index in [9.17, 15) is 17.6 Å². The van der Waals surface area contributed by atoms with E-state index in [1.165, 1.54) is 43.6 Å².